The molecule has 0 fully saturated rings. The Morgan fingerprint density at radius 2 is 1.76 bits per heavy atom. The van der Waals surface area contributed by atoms with Crippen molar-refractivity contribution in [2.45, 2.75) is 26.8 Å². The second-order valence-electron chi connectivity index (χ2n) is 3.25. The van der Waals surface area contributed by atoms with Gasteiger partial charge >= 0.3 is 0 Å². The monoisotopic (exact) mass is 242 g/mol. The Labute approximate surface area is 103 Å². The number of carbonyl (C=O) groups is 2. The molecule has 5 heteroatoms. The van der Waals surface area contributed by atoms with Crippen LogP contribution in [-0.4, -0.2) is 31.2 Å². The van der Waals surface area contributed by atoms with Gasteiger partial charge in [-0.3, -0.25) is 9.59 Å². The molecular formula is C12H22N2O3. The molecule has 0 aromatic rings. The third kappa shape index (κ3) is 17.0. The minimum absolute atomic E-state index is 0.111. The van der Waals surface area contributed by atoms with Crippen LogP contribution in [0.1, 0.15) is 20.8 Å². The van der Waals surface area contributed by atoms with Crippen molar-refractivity contribution in [1.82, 2.24) is 10.6 Å². The zero-order valence-corrected chi connectivity index (χ0v) is 10.8. The molecule has 5 nitrogen and oxygen atoms in total. The summed E-state index contributed by atoms with van der Waals surface area (Å²) >= 11 is 0. The van der Waals surface area contributed by atoms with E-state index >= 15 is 0 Å². The summed E-state index contributed by atoms with van der Waals surface area (Å²) in [7, 11) is 0. The molecule has 0 bridgehead atoms. The lowest BCUT2D eigenvalue weighted by atomic mass is 10.4. The minimum atomic E-state index is -0.205. The van der Waals surface area contributed by atoms with Gasteiger partial charge in [0, 0.05) is 12.6 Å². The lowest BCUT2D eigenvalue weighted by Gasteiger charge is -2.02. The normalized spacial score (nSPS) is 8.71. The fraction of sp³-hybridized carbons (Fsp3) is 0.500. The van der Waals surface area contributed by atoms with Gasteiger partial charge in [0.25, 0.3) is 0 Å². The summed E-state index contributed by atoms with van der Waals surface area (Å²) in [6.07, 6.45) is 2.47. The molecule has 0 rings (SSSR count). The first kappa shape index (κ1) is 17.8. The van der Waals surface area contributed by atoms with Crippen LogP contribution in [0.4, 0.5) is 0 Å². The number of hydrogen-bond donors (Lipinski definition) is 2. The van der Waals surface area contributed by atoms with E-state index in [0.717, 1.165) is 0 Å². The minimum Gasteiger partial charge on any atom is -0.362 e. The topological polar surface area (TPSA) is 67.4 Å². The number of hydrogen-bond acceptors (Lipinski definition) is 3. The average molecular weight is 242 g/mol. The van der Waals surface area contributed by atoms with E-state index in [0.29, 0.717) is 6.61 Å². The number of nitrogens with one attached hydrogen (secondary N) is 2. The predicted molar refractivity (Wildman–Crippen MR) is 68.3 cm³/mol. The van der Waals surface area contributed by atoms with Gasteiger partial charge < -0.3 is 15.4 Å². The molecule has 17 heavy (non-hydrogen) atoms. The van der Waals surface area contributed by atoms with E-state index in [9.17, 15) is 9.59 Å². The third-order valence-electron chi connectivity index (χ3n) is 1.35. The summed E-state index contributed by atoms with van der Waals surface area (Å²) in [5.74, 6) is -0.316. The van der Waals surface area contributed by atoms with Gasteiger partial charge in [-0.1, -0.05) is 13.2 Å². The second kappa shape index (κ2) is 12.4. The zero-order chi connectivity index (χ0) is 13.7. The molecule has 0 radical (unpaired) electrons. The third-order valence-corrected chi connectivity index (χ3v) is 1.35. The van der Waals surface area contributed by atoms with E-state index in [4.69, 9.17) is 4.74 Å². The van der Waals surface area contributed by atoms with Crippen molar-refractivity contribution in [2.24, 2.45) is 0 Å². The summed E-state index contributed by atoms with van der Waals surface area (Å²) in [5, 5.41) is 5.09. The Bertz CT molecular complexity index is 250. The Hall–Kier alpha value is -1.62. The van der Waals surface area contributed by atoms with E-state index < -0.39 is 0 Å². The smallest absolute Gasteiger partial charge is 0.245 e. The maximum absolute atomic E-state index is 10.4. The molecule has 2 amide bonds. The maximum Gasteiger partial charge on any atom is 0.245 e. The van der Waals surface area contributed by atoms with Crippen LogP contribution in [0.2, 0.25) is 0 Å². The highest BCUT2D eigenvalue weighted by Gasteiger charge is 1.93. The van der Waals surface area contributed by atoms with E-state index in [2.05, 4.69) is 23.8 Å². The molecule has 98 valence electrons. The average Bonchev–Trinajstić information content (AvgIpc) is 2.29. The van der Waals surface area contributed by atoms with Crippen molar-refractivity contribution in [2.75, 3.05) is 13.3 Å². The van der Waals surface area contributed by atoms with Crippen LogP contribution >= 0.6 is 0 Å². The molecule has 0 saturated carbocycles. The van der Waals surface area contributed by atoms with Gasteiger partial charge in [0.1, 0.15) is 6.73 Å². The largest absolute Gasteiger partial charge is 0.362 e. The highest BCUT2D eigenvalue weighted by Crippen LogP contribution is 1.75. The van der Waals surface area contributed by atoms with Gasteiger partial charge in [-0.15, -0.1) is 0 Å². The number of amides is 2. The molecule has 0 aliphatic carbocycles. The van der Waals surface area contributed by atoms with Crippen LogP contribution in [0.5, 0.6) is 0 Å². The molecule has 0 atom stereocenters. The van der Waals surface area contributed by atoms with Crippen LogP contribution in [0, 0.1) is 0 Å². The SMILES string of the molecule is C=CC(=O)NC(C)C.C=CC(=O)NCOCC. The summed E-state index contributed by atoms with van der Waals surface area (Å²) in [5.41, 5.74) is 0. The molecule has 0 aliphatic heterocycles. The van der Waals surface area contributed by atoms with E-state index in [1.165, 1.54) is 12.2 Å². The number of rotatable bonds is 6. The van der Waals surface area contributed by atoms with E-state index in [-0.39, 0.29) is 24.6 Å². The summed E-state index contributed by atoms with van der Waals surface area (Å²) in [6, 6.07) is 0.209. The first-order chi connectivity index (χ1) is 7.97. The van der Waals surface area contributed by atoms with Crippen molar-refractivity contribution in [1.29, 1.82) is 0 Å². The second-order valence-corrected chi connectivity index (χ2v) is 3.25. The van der Waals surface area contributed by atoms with Crippen molar-refractivity contribution in [3.05, 3.63) is 25.3 Å². The fourth-order valence-electron chi connectivity index (χ4n) is 0.640. The van der Waals surface area contributed by atoms with Crippen LogP contribution in [-0.2, 0) is 14.3 Å². The Balaban J connectivity index is 0. The highest BCUT2D eigenvalue weighted by molar-refractivity contribution is 5.87. The van der Waals surface area contributed by atoms with Crippen molar-refractivity contribution in [3.63, 3.8) is 0 Å². The quantitative estimate of drug-likeness (QED) is 0.414. The Kier molecular flexibility index (Phi) is 13.0. The number of ether oxygens (including phenoxy) is 1. The molecule has 0 aromatic carbocycles. The number of carbonyl (C=O) groups excluding carboxylic acids is 2. The standard InChI is InChI=1S/C6H11NO2.C6H11NO/c1-3-6(8)7-5-9-4-2;1-4-6(8)7-5(2)3/h3H,1,4-5H2,2H3,(H,7,8);4-5H,1H2,2-3H3,(H,7,8). The molecule has 0 unspecified atom stereocenters. The summed E-state index contributed by atoms with van der Waals surface area (Å²) in [4.78, 5) is 20.8. The van der Waals surface area contributed by atoms with Crippen LogP contribution < -0.4 is 10.6 Å². The summed E-state index contributed by atoms with van der Waals surface area (Å²) < 4.78 is 4.83. The van der Waals surface area contributed by atoms with Gasteiger partial charge in [0.15, 0.2) is 0 Å². The van der Waals surface area contributed by atoms with E-state index in [1.54, 1.807) is 0 Å². The molecular weight excluding hydrogens is 220 g/mol. The van der Waals surface area contributed by atoms with Crippen molar-refractivity contribution in [3.8, 4) is 0 Å². The Morgan fingerprint density at radius 1 is 1.24 bits per heavy atom. The summed E-state index contributed by atoms with van der Waals surface area (Å²) in [6.45, 7) is 13.1. The van der Waals surface area contributed by atoms with E-state index in [1.807, 2.05) is 20.8 Å². The van der Waals surface area contributed by atoms with Crippen LogP contribution in [0.15, 0.2) is 25.3 Å². The lowest BCUT2D eigenvalue weighted by Crippen LogP contribution is -2.27. The highest BCUT2D eigenvalue weighted by atomic mass is 16.5. The van der Waals surface area contributed by atoms with Crippen molar-refractivity contribution < 1.29 is 14.3 Å². The molecule has 0 spiro atoms. The molecule has 0 aromatic heterocycles. The van der Waals surface area contributed by atoms with Crippen molar-refractivity contribution >= 4 is 11.8 Å². The van der Waals surface area contributed by atoms with Gasteiger partial charge in [-0.05, 0) is 32.9 Å². The fourth-order valence-corrected chi connectivity index (χ4v) is 0.640. The molecule has 2 N–H and O–H groups in total. The van der Waals surface area contributed by atoms with Gasteiger partial charge in [0.05, 0.1) is 0 Å². The zero-order valence-electron chi connectivity index (χ0n) is 10.8. The molecule has 0 heterocycles. The molecule has 0 saturated heterocycles. The maximum atomic E-state index is 10.4. The lowest BCUT2D eigenvalue weighted by molar-refractivity contribution is -0.118. The first-order valence-corrected chi connectivity index (χ1v) is 5.38. The van der Waals surface area contributed by atoms with Crippen LogP contribution in [0.3, 0.4) is 0 Å². The predicted octanol–water partition coefficient (Wildman–Crippen LogP) is 0.980. The molecule has 0 aliphatic rings. The van der Waals surface area contributed by atoms with Gasteiger partial charge in [-0.2, -0.15) is 0 Å². The van der Waals surface area contributed by atoms with Gasteiger partial charge in [-0.25, -0.2) is 0 Å². The van der Waals surface area contributed by atoms with Crippen LogP contribution in [0.25, 0.3) is 0 Å². The Morgan fingerprint density at radius 3 is 2.06 bits per heavy atom. The van der Waals surface area contributed by atoms with Gasteiger partial charge in [0.2, 0.25) is 11.8 Å². The first-order valence-electron chi connectivity index (χ1n) is 5.38.